The zero-order valence-corrected chi connectivity index (χ0v) is 14.9. The molecule has 2 aromatic carbocycles. The molecule has 1 amide bonds. The molecule has 0 saturated carbocycles. The van der Waals surface area contributed by atoms with Gasteiger partial charge in [0.2, 0.25) is 5.91 Å². The van der Waals surface area contributed by atoms with Crippen LogP contribution in [0.2, 0.25) is 0 Å². The summed E-state index contributed by atoms with van der Waals surface area (Å²) in [5.74, 6) is 0.739. The van der Waals surface area contributed by atoms with E-state index in [0.717, 1.165) is 48.2 Å². The van der Waals surface area contributed by atoms with E-state index >= 15 is 0 Å². The van der Waals surface area contributed by atoms with Gasteiger partial charge < -0.3 is 9.47 Å². The quantitative estimate of drug-likeness (QED) is 0.715. The Kier molecular flexibility index (Phi) is 4.45. The van der Waals surface area contributed by atoms with Gasteiger partial charge in [0.1, 0.15) is 11.6 Å². The molecule has 1 fully saturated rings. The summed E-state index contributed by atoms with van der Waals surface area (Å²) in [6.45, 7) is 0.744. The lowest BCUT2D eigenvalue weighted by atomic mass is 10.00. The highest BCUT2D eigenvalue weighted by Gasteiger charge is 2.31. The molecular weight excluding hydrogens is 329 g/mol. The van der Waals surface area contributed by atoms with Crippen LogP contribution >= 0.6 is 0 Å². The second kappa shape index (κ2) is 6.90. The van der Waals surface area contributed by atoms with Crippen molar-refractivity contribution < 1.29 is 9.18 Å². The number of rotatable bonds is 3. The lowest BCUT2D eigenvalue weighted by Crippen LogP contribution is -2.40. The molecule has 4 rings (SSSR count). The van der Waals surface area contributed by atoms with E-state index in [1.807, 2.05) is 30.1 Å². The predicted molar refractivity (Wildman–Crippen MR) is 99.1 cm³/mol. The molecule has 1 atom stereocenters. The van der Waals surface area contributed by atoms with Gasteiger partial charge in [-0.15, -0.1) is 0 Å². The first-order valence-corrected chi connectivity index (χ1v) is 9.09. The Balaban J connectivity index is 1.62. The zero-order chi connectivity index (χ0) is 18.1. The lowest BCUT2D eigenvalue weighted by Gasteiger charge is -2.35. The minimum atomic E-state index is -0.281. The number of fused-ring (bicyclic) bond motifs is 1. The number of piperidine rings is 1. The van der Waals surface area contributed by atoms with Crippen molar-refractivity contribution in [2.45, 2.75) is 31.7 Å². The molecule has 0 N–H and O–H groups in total. The van der Waals surface area contributed by atoms with Gasteiger partial charge in [0.25, 0.3) is 0 Å². The summed E-state index contributed by atoms with van der Waals surface area (Å²) >= 11 is 0. The molecule has 4 nitrogen and oxygen atoms in total. The van der Waals surface area contributed by atoms with Gasteiger partial charge in [0.05, 0.1) is 23.5 Å². The number of likely N-dealkylation sites (tertiary alicyclic amines) is 1. The van der Waals surface area contributed by atoms with Crippen molar-refractivity contribution in [3.63, 3.8) is 0 Å². The Bertz CT molecular complexity index is 932. The summed E-state index contributed by atoms with van der Waals surface area (Å²) in [7, 11) is 2.02. The third-order valence-corrected chi connectivity index (χ3v) is 5.21. The topological polar surface area (TPSA) is 38.1 Å². The summed E-state index contributed by atoms with van der Waals surface area (Å²) in [5, 5.41) is 0. The molecule has 1 saturated heterocycles. The highest BCUT2D eigenvalue weighted by molar-refractivity contribution is 5.80. The second-order valence-electron chi connectivity index (χ2n) is 6.92. The number of carbonyl (C=O) groups excluding carboxylic acids is 1. The van der Waals surface area contributed by atoms with Crippen molar-refractivity contribution in [2.75, 3.05) is 6.54 Å². The number of hydrogen-bond acceptors (Lipinski definition) is 2. The number of hydrogen-bond donors (Lipinski definition) is 0. The van der Waals surface area contributed by atoms with E-state index in [9.17, 15) is 9.18 Å². The lowest BCUT2D eigenvalue weighted by molar-refractivity contribution is -0.134. The van der Waals surface area contributed by atoms with Crippen molar-refractivity contribution in [2.24, 2.45) is 7.05 Å². The van der Waals surface area contributed by atoms with E-state index in [4.69, 9.17) is 4.98 Å². The molecule has 2 heterocycles. The molecule has 5 heteroatoms. The fourth-order valence-corrected chi connectivity index (χ4v) is 3.84. The van der Waals surface area contributed by atoms with E-state index in [1.165, 1.54) is 12.1 Å². The Morgan fingerprint density at radius 2 is 1.92 bits per heavy atom. The highest BCUT2D eigenvalue weighted by atomic mass is 19.1. The van der Waals surface area contributed by atoms with Crippen LogP contribution in [0.25, 0.3) is 11.0 Å². The van der Waals surface area contributed by atoms with E-state index in [-0.39, 0.29) is 17.8 Å². The third-order valence-electron chi connectivity index (χ3n) is 5.21. The molecular formula is C21H22FN3O. The van der Waals surface area contributed by atoms with E-state index in [1.54, 1.807) is 12.1 Å². The SMILES string of the molecule is Cn1c([C@@H]2CCCCN2C(=O)Cc2ccc(F)cc2)nc2ccccc21. The van der Waals surface area contributed by atoms with Crippen LogP contribution in [0, 0.1) is 5.82 Å². The number of benzene rings is 2. The summed E-state index contributed by atoms with van der Waals surface area (Å²) in [5.41, 5.74) is 2.88. The van der Waals surface area contributed by atoms with Crippen LogP contribution in [0.3, 0.4) is 0 Å². The maximum absolute atomic E-state index is 13.1. The van der Waals surface area contributed by atoms with Crippen molar-refractivity contribution in [1.82, 2.24) is 14.5 Å². The number of para-hydroxylation sites is 2. The van der Waals surface area contributed by atoms with Crippen molar-refractivity contribution in [3.05, 3.63) is 65.7 Å². The van der Waals surface area contributed by atoms with Gasteiger partial charge >= 0.3 is 0 Å². The first-order chi connectivity index (χ1) is 12.6. The van der Waals surface area contributed by atoms with Gasteiger partial charge in [-0.1, -0.05) is 24.3 Å². The molecule has 26 heavy (non-hydrogen) atoms. The minimum Gasteiger partial charge on any atom is -0.332 e. The Morgan fingerprint density at radius 1 is 1.15 bits per heavy atom. The van der Waals surface area contributed by atoms with Crippen LogP contribution in [0.1, 0.15) is 36.7 Å². The van der Waals surface area contributed by atoms with Gasteiger partial charge in [0, 0.05) is 13.6 Å². The van der Waals surface area contributed by atoms with Crippen molar-refractivity contribution in [1.29, 1.82) is 0 Å². The van der Waals surface area contributed by atoms with E-state index in [0.29, 0.717) is 6.42 Å². The average Bonchev–Trinajstić information content (AvgIpc) is 3.00. The normalized spacial score (nSPS) is 17.6. The molecule has 1 aliphatic rings. The van der Waals surface area contributed by atoms with Crippen LogP contribution < -0.4 is 0 Å². The molecule has 0 aliphatic carbocycles. The number of imidazole rings is 1. The molecule has 134 valence electrons. The predicted octanol–water partition coefficient (Wildman–Crippen LogP) is 4.01. The molecule has 1 aromatic heterocycles. The molecule has 0 unspecified atom stereocenters. The van der Waals surface area contributed by atoms with Crippen LogP contribution in [0.5, 0.6) is 0 Å². The Labute approximate surface area is 152 Å². The number of aryl methyl sites for hydroxylation is 1. The van der Waals surface area contributed by atoms with Crippen LogP contribution in [0.15, 0.2) is 48.5 Å². The third kappa shape index (κ3) is 3.09. The standard InChI is InChI=1S/C21H22FN3O/c1-24-18-7-3-2-6-17(18)23-21(24)19-8-4-5-13-25(19)20(26)14-15-9-11-16(22)12-10-15/h2-3,6-7,9-12,19H,4-5,8,13-14H2,1H3/t19-/m0/s1. The van der Waals surface area contributed by atoms with Crippen LogP contribution in [0.4, 0.5) is 4.39 Å². The average molecular weight is 351 g/mol. The van der Waals surface area contributed by atoms with Gasteiger partial charge in [-0.2, -0.15) is 0 Å². The maximum atomic E-state index is 13.1. The molecule has 0 radical (unpaired) electrons. The number of aromatic nitrogens is 2. The number of nitrogens with zero attached hydrogens (tertiary/aromatic N) is 3. The summed E-state index contributed by atoms with van der Waals surface area (Å²) < 4.78 is 15.2. The van der Waals surface area contributed by atoms with Crippen molar-refractivity contribution >= 4 is 16.9 Å². The number of carbonyl (C=O) groups is 1. The van der Waals surface area contributed by atoms with Gasteiger partial charge in [-0.3, -0.25) is 4.79 Å². The summed E-state index contributed by atoms with van der Waals surface area (Å²) in [6, 6.07) is 14.2. The van der Waals surface area contributed by atoms with E-state index < -0.39 is 0 Å². The first-order valence-electron chi connectivity index (χ1n) is 9.09. The van der Waals surface area contributed by atoms with E-state index in [2.05, 4.69) is 10.6 Å². The second-order valence-corrected chi connectivity index (χ2v) is 6.92. The monoisotopic (exact) mass is 351 g/mol. The smallest absolute Gasteiger partial charge is 0.227 e. The Hall–Kier alpha value is -2.69. The molecule has 0 bridgehead atoms. The molecule has 0 spiro atoms. The van der Waals surface area contributed by atoms with Gasteiger partial charge in [-0.05, 0) is 49.1 Å². The van der Waals surface area contributed by atoms with Crippen LogP contribution in [-0.2, 0) is 18.3 Å². The molecule has 1 aliphatic heterocycles. The summed E-state index contributed by atoms with van der Waals surface area (Å²) in [4.78, 5) is 19.7. The van der Waals surface area contributed by atoms with Crippen molar-refractivity contribution in [3.8, 4) is 0 Å². The van der Waals surface area contributed by atoms with Crippen LogP contribution in [-0.4, -0.2) is 26.9 Å². The fourth-order valence-electron chi connectivity index (χ4n) is 3.84. The number of amides is 1. The maximum Gasteiger partial charge on any atom is 0.227 e. The largest absolute Gasteiger partial charge is 0.332 e. The first kappa shape index (κ1) is 16.8. The van der Waals surface area contributed by atoms with Gasteiger partial charge in [0.15, 0.2) is 0 Å². The van der Waals surface area contributed by atoms with Gasteiger partial charge in [-0.25, -0.2) is 9.37 Å². The Morgan fingerprint density at radius 3 is 2.69 bits per heavy atom. The zero-order valence-electron chi connectivity index (χ0n) is 14.9. The number of halogens is 1. The molecule has 3 aromatic rings. The summed E-state index contributed by atoms with van der Waals surface area (Å²) in [6.07, 6.45) is 3.32. The highest BCUT2D eigenvalue weighted by Crippen LogP contribution is 2.32. The minimum absolute atomic E-state index is 0.00546. The fraction of sp³-hybridized carbons (Fsp3) is 0.333.